The van der Waals surface area contributed by atoms with Crippen molar-refractivity contribution in [2.24, 2.45) is 5.92 Å². The number of nitrogens with one attached hydrogen (secondary N) is 2. The number of benzene rings is 2. The summed E-state index contributed by atoms with van der Waals surface area (Å²) in [4.78, 5) is 11.6. The maximum atomic E-state index is 11.6. The number of urea groups is 1. The molecule has 21 heavy (non-hydrogen) atoms. The number of carbonyl (C=O) groups is 1. The van der Waals surface area contributed by atoms with E-state index in [4.69, 9.17) is 0 Å². The molecule has 2 aromatic carbocycles. The lowest BCUT2D eigenvalue weighted by atomic mass is 10.0. The van der Waals surface area contributed by atoms with E-state index in [1.807, 2.05) is 56.3 Å². The topological polar surface area (TPSA) is 61.4 Å². The van der Waals surface area contributed by atoms with Gasteiger partial charge in [0.05, 0.1) is 6.10 Å². The standard InChI is InChI=1S/C17H22N2O2/c1-12(2)10-18-17(21)19-11-16(20)15-8-7-13-5-3-4-6-14(13)9-15/h3-9,12,16,20H,10-11H2,1-2H3,(H2,18,19,21). The summed E-state index contributed by atoms with van der Waals surface area (Å²) in [6.07, 6.45) is -0.709. The second-order valence-electron chi connectivity index (χ2n) is 5.61. The molecular formula is C17H22N2O2. The lowest BCUT2D eigenvalue weighted by molar-refractivity contribution is 0.173. The second-order valence-corrected chi connectivity index (χ2v) is 5.61. The third-order valence-electron chi connectivity index (χ3n) is 3.29. The molecule has 2 aromatic rings. The molecule has 0 aromatic heterocycles. The van der Waals surface area contributed by atoms with Gasteiger partial charge in [0.25, 0.3) is 0 Å². The molecule has 0 aliphatic heterocycles. The van der Waals surface area contributed by atoms with Crippen LogP contribution in [0.5, 0.6) is 0 Å². The fourth-order valence-corrected chi connectivity index (χ4v) is 2.08. The van der Waals surface area contributed by atoms with Crippen LogP contribution in [0.1, 0.15) is 25.5 Å². The van der Waals surface area contributed by atoms with E-state index in [0.29, 0.717) is 12.5 Å². The summed E-state index contributed by atoms with van der Waals surface area (Å²) in [6, 6.07) is 13.6. The molecule has 0 fully saturated rings. The number of amides is 2. The van der Waals surface area contributed by atoms with Gasteiger partial charge in [0, 0.05) is 13.1 Å². The van der Waals surface area contributed by atoms with Gasteiger partial charge >= 0.3 is 6.03 Å². The van der Waals surface area contributed by atoms with Gasteiger partial charge < -0.3 is 15.7 Å². The van der Waals surface area contributed by atoms with Gasteiger partial charge in [-0.3, -0.25) is 0 Å². The maximum Gasteiger partial charge on any atom is 0.314 e. The van der Waals surface area contributed by atoms with Gasteiger partial charge in [-0.25, -0.2) is 4.79 Å². The average Bonchev–Trinajstić information content (AvgIpc) is 2.50. The third-order valence-corrected chi connectivity index (χ3v) is 3.29. The van der Waals surface area contributed by atoms with Crippen molar-refractivity contribution in [1.82, 2.24) is 10.6 Å². The molecule has 0 aliphatic rings. The normalized spacial score (nSPS) is 12.4. The monoisotopic (exact) mass is 286 g/mol. The molecular weight excluding hydrogens is 264 g/mol. The predicted molar refractivity (Wildman–Crippen MR) is 85.1 cm³/mol. The Morgan fingerprint density at radius 1 is 1.05 bits per heavy atom. The van der Waals surface area contributed by atoms with Crippen LogP contribution in [0, 0.1) is 5.92 Å². The molecule has 4 nitrogen and oxygen atoms in total. The van der Waals surface area contributed by atoms with Crippen molar-refractivity contribution in [3.63, 3.8) is 0 Å². The number of rotatable bonds is 5. The molecule has 4 heteroatoms. The van der Waals surface area contributed by atoms with E-state index in [0.717, 1.165) is 16.3 Å². The Bertz CT molecular complexity index is 611. The van der Waals surface area contributed by atoms with Gasteiger partial charge in [0.2, 0.25) is 0 Å². The zero-order chi connectivity index (χ0) is 15.2. The van der Waals surface area contributed by atoms with Crippen LogP contribution in [0.3, 0.4) is 0 Å². The minimum atomic E-state index is -0.709. The van der Waals surface area contributed by atoms with Crippen molar-refractivity contribution < 1.29 is 9.90 Å². The summed E-state index contributed by atoms with van der Waals surface area (Å²) in [5, 5.41) is 17.8. The average molecular weight is 286 g/mol. The lowest BCUT2D eigenvalue weighted by Crippen LogP contribution is -2.39. The summed E-state index contributed by atoms with van der Waals surface area (Å²) < 4.78 is 0. The first kappa shape index (κ1) is 15.3. The Morgan fingerprint density at radius 3 is 2.43 bits per heavy atom. The Balaban J connectivity index is 1.92. The van der Waals surface area contributed by atoms with E-state index in [1.54, 1.807) is 0 Å². The SMILES string of the molecule is CC(C)CNC(=O)NCC(O)c1ccc2ccccc2c1. The Hall–Kier alpha value is -2.07. The quantitative estimate of drug-likeness (QED) is 0.791. The lowest BCUT2D eigenvalue weighted by Gasteiger charge is -2.14. The first-order chi connectivity index (χ1) is 10.1. The Kier molecular flexibility index (Phi) is 5.17. The summed E-state index contributed by atoms with van der Waals surface area (Å²) in [6.45, 7) is 4.88. The van der Waals surface area contributed by atoms with Crippen molar-refractivity contribution in [2.75, 3.05) is 13.1 Å². The van der Waals surface area contributed by atoms with Crippen molar-refractivity contribution >= 4 is 16.8 Å². The highest BCUT2D eigenvalue weighted by Crippen LogP contribution is 2.19. The molecule has 0 saturated heterocycles. The van der Waals surface area contributed by atoms with Crippen molar-refractivity contribution in [3.8, 4) is 0 Å². The molecule has 0 radical (unpaired) electrons. The van der Waals surface area contributed by atoms with Crippen LogP contribution in [0.2, 0.25) is 0 Å². The van der Waals surface area contributed by atoms with Crippen LogP contribution in [-0.2, 0) is 0 Å². The van der Waals surface area contributed by atoms with Crippen LogP contribution in [0.4, 0.5) is 4.79 Å². The molecule has 2 amide bonds. The molecule has 112 valence electrons. The zero-order valence-electron chi connectivity index (χ0n) is 12.5. The van der Waals surface area contributed by atoms with Crippen LogP contribution in [0.15, 0.2) is 42.5 Å². The molecule has 3 N–H and O–H groups in total. The summed E-state index contributed by atoms with van der Waals surface area (Å²) in [7, 11) is 0. The Morgan fingerprint density at radius 2 is 1.71 bits per heavy atom. The van der Waals surface area contributed by atoms with Crippen molar-refractivity contribution in [3.05, 3.63) is 48.0 Å². The van der Waals surface area contributed by atoms with Crippen LogP contribution >= 0.6 is 0 Å². The molecule has 1 unspecified atom stereocenters. The van der Waals surface area contributed by atoms with E-state index in [9.17, 15) is 9.90 Å². The van der Waals surface area contributed by atoms with Crippen LogP contribution in [-0.4, -0.2) is 24.2 Å². The van der Waals surface area contributed by atoms with Crippen molar-refractivity contribution in [1.29, 1.82) is 0 Å². The van der Waals surface area contributed by atoms with Gasteiger partial charge in [-0.05, 0) is 28.3 Å². The molecule has 0 heterocycles. The first-order valence-corrected chi connectivity index (χ1v) is 7.24. The number of aliphatic hydroxyl groups is 1. The van der Waals surface area contributed by atoms with E-state index in [-0.39, 0.29) is 12.6 Å². The van der Waals surface area contributed by atoms with Gasteiger partial charge in [-0.1, -0.05) is 50.2 Å². The van der Waals surface area contributed by atoms with E-state index in [1.165, 1.54) is 0 Å². The van der Waals surface area contributed by atoms with E-state index in [2.05, 4.69) is 10.6 Å². The third kappa shape index (κ3) is 4.46. The number of hydrogen-bond donors (Lipinski definition) is 3. The fourth-order valence-electron chi connectivity index (χ4n) is 2.08. The highest BCUT2D eigenvalue weighted by molar-refractivity contribution is 5.83. The van der Waals surface area contributed by atoms with Crippen LogP contribution in [0.25, 0.3) is 10.8 Å². The van der Waals surface area contributed by atoms with Gasteiger partial charge in [0.15, 0.2) is 0 Å². The fraction of sp³-hybridized carbons (Fsp3) is 0.353. The summed E-state index contributed by atoms with van der Waals surface area (Å²) >= 11 is 0. The van der Waals surface area contributed by atoms with Gasteiger partial charge in [0.1, 0.15) is 0 Å². The van der Waals surface area contributed by atoms with Gasteiger partial charge in [-0.15, -0.1) is 0 Å². The number of hydrogen-bond acceptors (Lipinski definition) is 2. The number of carbonyl (C=O) groups excluding carboxylic acids is 1. The van der Waals surface area contributed by atoms with Gasteiger partial charge in [-0.2, -0.15) is 0 Å². The molecule has 0 spiro atoms. The molecule has 0 aliphatic carbocycles. The number of fused-ring (bicyclic) bond motifs is 1. The maximum absolute atomic E-state index is 11.6. The molecule has 0 bridgehead atoms. The minimum Gasteiger partial charge on any atom is -0.387 e. The first-order valence-electron chi connectivity index (χ1n) is 7.24. The summed E-state index contributed by atoms with van der Waals surface area (Å²) in [5.41, 5.74) is 0.804. The zero-order valence-corrected chi connectivity index (χ0v) is 12.5. The van der Waals surface area contributed by atoms with E-state index >= 15 is 0 Å². The largest absolute Gasteiger partial charge is 0.387 e. The molecule has 0 saturated carbocycles. The summed E-state index contributed by atoms with van der Waals surface area (Å²) in [5.74, 6) is 0.404. The van der Waals surface area contributed by atoms with E-state index < -0.39 is 6.10 Å². The molecule has 1 atom stereocenters. The molecule has 2 rings (SSSR count). The van der Waals surface area contributed by atoms with Crippen molar-refractivity contribution in [2.45, 2.75) is 20.0 Å². The highest BCUT2D eigenvalue weighted by atomic mass is 16.3. The number of aliphatic hydroxyl groups excluding tert-OH is 1. The Labute approximate surface area is 125 Å². The predicted octanol–water partition coefficient (Wildman–Crippen LogP) is 2.83. The smallest absolute Gasteiger partial charge is 0.314 e. The highest BCUT2D eigenvalue weighted by Gasteiger charge is 2.10. The van der Waals surface area contributed by atoms with Crippen LogP contribution < -0.4 is 10.6 Å². The minimum absolute atomic E-state index is 0.197. The second kappa shape index (κ2) is 7.09.